The minimum Gasteiger partial charge on any atom is -0.496 e. The van der Waals surface area contributed by atoms with Crippen molar-refractivity contribution in [2.24, 2.45) is 5.10 Å². The zero-order chi connectivity index (χ0) is 26.1. The van der Waals surface area contributed by atoms with Crippen LogP contribution in [-0.2, 0) is 16.0 Å². The van der Waals surface area contributed by atoms with Crippen LogP contribution in [0.1, 0.15) is 18.1 Å². The molecule has 0 saturated carbocycles. The first-order valence-electron chi connectivity index (χ1n) is 10.9. The van der Waals surface area contributed by atoms with Crippen LogP contribution in [0.2, 0.25) is 10.0 Å². The quantitative estimate of drug-likeness (QED) is 0.243. The summed E-state index contributed by atoms with van der Waals surface area (Å²) in [6.07, 6.45) is 0.837. The molecule has 0 saturated heterocycles. The highest BCUT2D eigenvalue weighted by Crippen LogP contribution is 2.28. The zero-order valence-corrected chi connectivity index (χ0v) is 22.6. The molecule has 0 fully saturated rings. The maximum atomic E-state index is 13.0. The van der Waals surface area contributed by atoms with E-state index in [1.54, 1.807) is 44.4 Å². The monoisotopic (exact) mass is 591 g/mol. The van der Waals surface area contributed by atoms with Gasteiger partial charge in [-0.1, -0.05) is 53.5 Å². The molecule has 0 aromatic heterocycles. The average molecular weight is 593 g/mol. The number of benzene rings is 3. The second-order valence-electron chi connectivity index (χ2n) is 7.71. The van der Waals surface area contributed by atoms with Crippen LogP contribution in [0.15, 0.2) is 76.3 Å². The molecule has 2 amide bonds. The summed E-state index contributed by atoms with van der Waals surface area (Å²) < 4.78 is 11.6. The maximum absolute atomic E-state index is 13.0. The minimum atomic E-state index is -0.921. The van der Waals surface area contributed by atoms with Gasteiger partial charge in [-0.05, 0) is 70.4 Å². The van der Waals surface area contributed by atoms with Gasteiger partial charge in [0.2, 0.25) is 0 Å². The summed E-state index contributed by atoms with van der Waals surface area (Å²) >= 11 is 15.5. The summed E-state index contributed by atoms with van der Waals surface area (Å²) in [4.78, 5) is 25.9. The normalized spacial score (nSPS) is 12.6. The van der Waals surface area contributed by atoms with Crippen molar-refractivity contribution in [1.82, 2.24) is 10.7 Å². The van der Waals surface area contributed by atoms with E-state index in [-0.39, 0.29) is 11.4 Å². The Balaban J connectivity index is 1.69. The molecule has 0 unspecified atom stereocenters. The number of carbonyl (C=O) groups is 2. The number of hydrazone groups is 1. The third kappa shape index (κ3) is 7.98. The molecule has 0 heterocycles. The van der Waals surface area contributed by atoms with Crippen molar-refractivity contribution >= 4 is 57.2 Å². The molecule has 7 nitrogen and oxygen atoms in total. The van der Waals surface area contributed by atoms with E-state index in [0.29, 0.717) is 16.5 Å². The van der Waals surface area contributed by atoms with Crippen LogP contribution in [0, 0.1) is 0 Å². The van der Waals surface area contributed by atoms with E-state index < -0.39 is 24.0 Å². The largest absolute Gasteiger partial charge is 0.496 e. The van der Waals surface area contributed by atoms with Crippen molar-refractivity contribution in [3.05, 3.63) is 92.4 Å². The first kappa shape index (κ1) is 27.5. The van der Waals surface area contributed by atoms with Crippen molar-refractivity contribution in [3.63, 3.8) is 0 Å². The van der Waals surface area contributed by atoms with E-state index >= 15 is 0 Å². The second kappa shape index (κ2) is 13.3. The van der Waals surface area contributed by atoms with Crippen LogP contribution < -0.4 is 20.2 Å². The summed E-state index contributed by atoms with van der Waals surface area (Å²) in [5.74, 6) is 0.0222. The Bertz CT molecular complexity index is 1240. The minimum absolute atomic E-state index is 0.260. The Morgan fingerprint density at radius 1 is 1.03 bits per heavy atom. The van der Waals surface area contributed by atoms with E-state index in [2.05, 4.69) is 31.8 Å². The highest BCUT2D eigenvalue weighted by Gasteiger charge is 2.25. The molecule has 3 aromatic rings. The van der Waals surface area contributed by atoms with Crippen molar-refractivity contribution in [1.29, 1.82) is 0 Å². The smallest absolute Gasteiger partial charge is 0.262 e. The Morgan fingerprint density at radius 3 is 2.42 bits per heavy atom. The lowest BCUT2D eigenvalue weighted by Crippen LogP contribution is -2.50. The highest BCUT2D eigenvalue weighted by molar-refractivity contribution is 9.10. The van der Waals surface area contributed by atoms with Gasteiger partial charge >= 0.3 is 0 Å². The van der Waals surface area contributed by atoms with E-state index in [1.807, 2.05) is 30.3 Å². The van der Waals surface area contributed by atoms with Crippen molar-refractivity contribution < 1.29 is 19.1 Å². The fourth-order valence-corrected chi connectivity index (χ4v) is 4.19. The highest BCUT2D eigenvalue weighted by atomic mass is 79.9. The number of hydrogen-bond donors (Lipinski definition) is 2. The molecular weight excluding hydrogens is 569 g/mol. The lowest BCUT2D eigenvalue weighted by atomic mass is 10.1. The van der Waals surface area contributed by atoms with E-state index in [1.165, 1.54) is 12.3 Å². The zero-order valence-electron chi connectivity index (χ0n) is 19.5. The topological polar surface area (TPSA) is 89.0 Å². The van der Waals surface area contributed by atoms with Gasteiger partial charge in [0, 0.05) is 11.4 Å². The lowest BCUT2D eigenvalue weighted by Gasteiger charge is -2.21. The van der Waals surface area contributed by atoms with E-state index in [0.717, 1.165) is 15.6 Å². The number of rotatable bonds is 10. The van der Waals surface area contributed by atoms with Gasteiger partial charge in [-0.3, -0.25) is 9.59 Å². The van der Waals surface area contributed by atoms with Gasteiger partial charge < -0.3 is 14.8 Å². The molecule has 0 bridgehead atoms. The third-order valence-corrected chi connectivity index (χ3v) is 6.20. The molecule has 0 aliphatic carbocycles. The third-order valence-electron chi connectivity index (χ3n) is 5.05. The molecule has 36 heavy (non-hydrogen) atoms. The number of halogens is 3. The summed E-state index contributed by atoms with van der Waals surface area (Å²) in [6.45, 7) is 1.57. The summed E-state index contributed by atoms with van der Waals surface area (Å²) in [7, 11) is 1.57. The van der Waals surface area contributed by atoms with Gasteiger partial charge in [0.25, 0.3) is 11.8 Å². The molecule has 0 spiro atoms. The molecule has 2 N–H and O–H groups in total. The van der Waals surface area contributed by atoms with Crippen molar-refractivity contribution in [3.8, 4) is 11.5 Å². The first-order valence-corrected chi connectivity index (χ1v) is 12.4. The van der Waals surface area contributed by atoms with Crippen LogP contribution in [0.5, 0.6) is 11.5 Å². The molecule has 2 atom stereocenters. The van der Waals surface area contributed by atoms with Gasteiger partial charge in [-0.15, -0.1) is 0 Å². The summed E-state index contributed by atoms with van der Waals surface area (Å²) in [5.41, 5.74) is 4.12. The van der Waals surface area contributed by atoms with Crippen LogP contribution in [0.4, 0.5) is 0 Å². The second-order valence-corrected chi connectivity index (χ2v) is 9.41. The first-order chi connectivity index (χ1) is 17.3. The summed E-state index contributed by atoms with van der Waals surface area (Å²) in [6, 6.07) is 18.5. The molecule has 0 aliphatic rings. The van der Waals surface area contributed by atoms with E-state index in [9.17, 15) is 9.59 Å². The Hall–Kier alpha value is -3.07. The fraction of sp³-hybridized carbons (Fsp3) is 0.192. The molecule has 0 aliphatic heterocycles. The SMILES string of the molecule is COc1ccc(/C=N\NC(=O)[C@@H](Cc2ccccc2)NC(=O)[C@H](C)Oc2ccc(Cl)cc2Cl)cc1Br. The Kier molecular flexibility index (Phi) is 10.2. The average Bonchev–Trinajstić information content (AvgIpc) is 2.86. The number of ether oxygens (including phenoxy) is 2. The molecule has 3 aromatic carbocycles. The number of hydrogen-bond acceptors (Lipinski definition) is 5. The van der Waals surface area contributed by atoms with E-state index in [4.69, 9.17) is 32.7 Å². The van der Waals surface area contributed by atoms with Gasteiger partial charge in [-0.2, -0.15) is 5.10 Å². The molecular formula is C26H24BrCl2N3O4. The maximum Gasteiger partial charge on any atom is 0.262 e. The molecule has 188 valence electrons. The number of nitrogens with zero attached hydrogens (tertiary/aromatic N) is 1. The molecule has 0 radical (unpaired) electrons. The van der Waals surface area contributed by atoms with Gasteiger partial charge in [0.05, 0.1) is 22.8 Å². The lowest BCUT2D eigenvalue weighted by molar-refractivity contribution is -0.132. The van der Waals surface area contributed by atoms with Crippen LogP contribution in [-0.4, -0.2) is 37.3 Å². The van der Waals surface area contributed by atoms with Gasteiger partial charge in [0.15, 0.2) is 6.10 Å². The predicted octanol–water partition coefficient (Wildman–Crippen LogP) is 5.41. The number of amides is 2. The predicted molar refractivity (Wildman–Crippen MR) is 145 cm³/mol. The standard InChI is InChI=1S/C26H24BrCl2N3O4/c1-16(36-24-11-9-19(28)14-21(24)29)25(33)31-22(13-17-6-4-3-5-7-17)26(34)32-30-15-18-8-10-23(35-2)20(27)12-18/h3-12,14-16,22H,13H2,1-2H3,(H,31,33)(H,32,34)/b30-15-/t16-,22+/m0/s1. The number of nitrogens with one attached hydrogen (secondary N) is 2. The van der Waals surface area contributed by atoms with Gasteiger partial charge in [-0.25, -0.2) is 5.43 Å². The van der Waals surface area contributed by atoms with Crippen LogP contribution in [0.3, 0.4) is 0 Å². The summed E-state index contributed by atoms with van der Waals surface area (Å²) in [5, 5.41) is 7.52. The van der Waals surface area contributed by atoms with Crippen LogP contribution in [0.25, 0.3) is 0 Å². The number of carbonyl (C=O) groups excluding carboxylic acids is 2. The Labute approximate surface area is 227 Å². The molecule has 10 heteroatoms. The van der Waals surface area contributed by atoms with Crippen LogP contribution >= 0.6 is 39.1 Å². The van der Waals surface area contributed by atoms with Crippen molar-refractivity contribution in [2.75, 3.05) is 7.11 Å². The molecule has 3 rings (SSSR count). The Morgan fingerprint density at radius 2 is 1.75 bits per heavy atom. The van der Waals surface area contributed by atoms with Crippen molar-refractivity contribution in [2.45, 2.75) is 25.5 Å². The fourth-order valence-electron chi connectivity index (χ4n) is 3.17. The van der Waals surface area contributed by atoms with Gasteiger partial charge in [0.1, 0.15) is 17.5 Å². The number of methoxy groups -OCH3 is 1.